The molecule has 1 atom stereocenters. The monoisotopic (exact) mass is 218 g/mol. The Labute approximate surface area is 93.3 Å². The average Bonchev–Trinajstić information content (AvgIpc) is 1.97. The van der Waals surface area contributed by atoms with Crippen LogP contribution >= 0.6 is 11.6 Å². The van der Waals surface area contributed by atoms with Crippen LogP contribution in [-0.2, 0) is 0 Å². The minimum absolute atomic E-state index is 0.500. The van der Waals surface area contributed by atoms with Gasteiger partial charge in [0.05, 0.1) is 0 Å². The molecule has 0 aliphatic rings. The molecule has 3 heteroatoms. The van der Waals surface area contributed by atoms with Crippen LogP contribution in [-0.4, -0.2) is 38.1 Å². The fraction of sp³-hybridized carbons (Fsp3) is 0.818. The Balaban J connectivity index is 3.90. The molecule has 0 radical (unpaired) electrons. The van der Waals surface area contributed by atoms with Gasteiger partial charge in [-0.1, -0.05) is 32.0 Å². The maximum Gasteiger partial charge on any atom is 0.0310 e. The molecule has 0 bridgehead atoms. The van der Waals surface area contributed by atoms with Gasteiger partial charge in [0.15, 0.2) is 0 Å². The van der Waals surface area contributed by atoms with Gasteiger partial charge in [-0.05, 0) is 26.4 Å². The third kappa shape index (κ3) is 8.54. The third-order valence-corrected chi connectivity index (χ3v) is 2.06. The first-order valence-corrected chi connectivity index (χ1v) is 5.51. The van der Waals surface area contributed by atoms with Crippen molar-refractivity contribution in [2.24, 2.45) is 5.92 Å². The van der Waals surface area contributed by atoms with E-state index in [1.54, 1.807) is 0 Å². The van der Waals surface area contributed by atoms with Gasteiger partial charge in [0.2, 0.25) is 0 Å². The lowest BCUT2D eigenvalue weighted by atomic mass is 10.0. The fourth-order valence-electron chi connectivity index (χ4n) is 1.49. The Bertz CT molecular complexity index is 157. The second-order valence-corrected chi connectivity index (χ2v) is 5.02. The Morgan fingerprint density at radius 2 is 2.00 bits per heavy atom. The van der Waals surface area contributed by atoms with Crippen molar-refractivity contribution >= 4 is 11.6 Å². The third-order valence-electron chi connectivity index (χ3n) is 1.92. The van der Waals surface area contributed by atoms with Crippen molar-refractivity contribution in [3.63, 3.8) is 0 Å². The zero-order valence-corrected chi connectivity index (χ0v) is 10.6. The first kappa shape index (κ1) is 13.9. The molecule has 0 spiro atoms. The van der Waals surface area contributed by atoms with Gasteiger partial charge in [0.25, 0.3) is 0 Å². The maximum absolute atomic E-state index is 5.72. The fourth-order valence-corrected chi connectivity index (χ4v) is 1.56. The van der Waals surface area contributed by atoms with E-state index in [1.165, 1.54) is 6.42 Å². The summed E-state index contributed by atoms with van der Waals surface area (Å²) in [4.78, 5) is 2.19. The van der Waals surface area contributed by atoms with Crippen LogP contribution in [0.1, 0.15) is 20.3 Å². The molecule has 0 aromatic rings. The van der Waals surface area contributed by atoms with Crippen LogP contribution in [0.5, 0.6) is 0 Å². The number of halogens is 1. The van der Waals surface area contributed by atoms with Gasteiger partial charge in [-0.2, -0.15) is 0 Å². The van der Waals surface area contributed by atoms with Crippen molar-refractivity contribution in [2.45, 2.75) is 26.3 Å². The molecule has 0 aliphatic heterocycles. The number of hydrogen-bond donors (Lipinski definition) is 1. The van der Waals surface area contributed by atoms with Gasteiger partial charge in [-0.25, -0.2) is 0 Å². The Morgan fingerprint density at radius 1 is 1.43 bits per heavy atom. The number of nitrogens with one attached hydrogen (secondary N) is 1. The summed E-state index contributed by atoms with van der Waals surface area (Å²) in [6.07, 6.45) is 1.17. The van der Waals surface area contributed by atoms with E-state index in [1.807, 2.05) is 0 Å². The molecule has 84 valence electrons. The van der Waals surface area contributed by atoms with Gasteiger partial charge in [-0.3, -0.25) is 0 Å². The standard InChI is InChI=1S/C11H23ClN2/c1-9(2)6-11(8-14(4)5)13-7-10(3)12/h9,11,13H,3,6-8H2,1-2,4-5H3. The van der Waals surface area contributed by atoms with Crippen LogP contribution in [0, 0.1) is 5.92 Å². The first-order valence-electron chi connectivity index (χ1n) is 5.13. The maximum atomic E-state index is 5.72. The molecule has 0 aromatic carbocycles. The second kappa shape index (κ2) is 7.27. The molecular formula is C11H23ClN2. The molecule has 14 heavy (non-hydrogen) atoms. The first-order chi connectivity index (χ1) is 6.41. The van der Waals surface area contributed by atoms with Gasteiger partial charge in [0.1, 0.15) is 0 Å². The lowest BCUT2D eigenvalue weighted by molar-refractivity contribution is 0.311. The summed E-state index contributed by atoms with van der Waals surface area (Å²) >= 11 is 5.72. The Morgan fingerprint density at radius 3 is 2.36 bits per heavy atom. The Kier molecular flexibility index (Phi) is 7.24. The molecule has 2 nitrogen and oxygen atoms in total. The Hall–Kier alpha value is -0.0500. The SMILES string of the molecule is C=C(Cl)CNC(CC(C)C)CN(C)C. The minimum atomic E-state index is 0.500. The van der Waals surface area contributed by atoms with Gasteiger partial charge in [-0.15, -0.1) is 0 Å². The summed E-state index contributed by atoms with van der Waals surface area (Å²) in [5.74, 6) is 0.705. The number of hydrogen-bond acceptors (Lipinski definition) is 2. The van der Waals surface area contributed by atoms with Crippen LogP contribution in [0.25, 0.3) is 0 Å². The molecule has 1 unspecified atom stereocenters. The van der Waals surface area contributed by atoms with E-state index in [4.69, 9.17) is 11.6 Å². The van der Waals surface area contributed by atoms with Gasteiger partial charge in [0, 0.05) is 24.2 Å². The van der Waals surface area contributed by atoms with Crippen LogP contribution in [0.2, 0.25) is 0 Å². The molecule has 1 N–H and O–H groups in total. The van der Waals surface area contributed by atoms with E-state index in [0.29, 0.717) is 23.5 Å². The smallest absolute Gasteiger partial charge is 0.0310 e. The molecular weight excluding hydrogens is 196 g/mol. The van der Waals surface area contributed by atoms with Crippen molar-refractivity contribution in [1.82, 2.24) is 10.2 Å². The molecule has 0 aliphatic carbocycles. The van der Waals surface area contributed by atoms with Crippen molar-refractivity contribution in [2.75, 3.05) is 27.2 Å². The summed E-state index contributed by atoms with van der Waals surface area (Å²) in [6.45, 7) is 9.89. The van der Waals surface area contributed by atoms with E-state index in [0.717, 1.165) is 6.54 Å². The minimum Gasteiger partial charge on any atom is -0.308 e. The van der Waals surface area contributed by atoms with E-state index >= 15 is 0 Å². The van der Waals surface area contributed by atoms with E-state index in [-0.39, 0.29) is 0 Å². The summed E-state index contributed by atoms with van der Waals surface area (Å²) in [7, 11) is 4.18. The normalized spacial score (nSPS) is 13.6. The summed E-state index contributed by atoms with van der Waals surface area (Å²) < 4.78 is 0. The zero-order valence-electron chi connectivity index (χ0n) is 9.81. The van der Waals surface area contributed by atoms with Crippen molar-refractivity contribution in [3.05, 3.63) is 11.6 Å². The molecule has 0 saturated carbocycles. The molecule has 0 aromatic heterocycles. The average molecular weight is 219 g/mol. The van der Waals surface area contributed by atoms with Crippen LogP contribution in [0.4, 0.5) is 0 Å². The number of nitrogens with zero attached hydrogens (tertiary/aromatic N) is 1. The highest BCUT2D eigenvalue weighted by Crippen LogP contribution is 2.06. The van der Waals surface area contributed by atoms with Crippen molar-refractivity contribution in [1.29, 1.82) is 0 Å². The van der Waals surface area contributed by atoms with Gasteiger partial charge < -0.3 is 10.2 Å². The van der Waals surface area contributed by atoms with E-state index in [9.17, 15) is 0 Å². The van der Waals surface area contributed by atoms with Crippen LogP contribution in [0.3, 0.4) is 0 Å². The predicted octanol–water partition coefficient (Wildman–Crippen LogP) is 2.30. The highest BCUT2D eigenvalue weighted by Gasteiger charge is 2.11. The van der Waals surface area contributed by atoms with Crippen molar-refractivity contribution < 1.29 is 0 Å². The van der Waals surface area contributed by atoms with Crippen molar-refractivity contribution in [3.8, 4) is 0 Å². The predicted molar refractivity (Wildman–Crippen MR) is 64.8 cm³/mol. The lowest BCUT2D eigenvalue weighted by Gasteiger charge is -2.23. The number of rotatable bonds is 7. The van der Waals surface area contributed by atoms with E-state index < -0.39 is 0 Å². The second-order valence-electron chi connectivity index (χ2n) is 4.49. The number of likely N-dealkylation sites (N-methyl/N-ethyl adjacent to an activating group) is 1. The lowest BCUT2D eigenvalue weighted by Crippen LogP contribution is -2.39. The largest absolute Gasteiger partial charge is 0.308 e. The molecule has 0 amide bonds. The highest BCUT2D eigenvalue weighted by atomic mass is 35.5. The molecule has 0 rings (SSSR count). The molecule has 0 heterocycles. The molecule has 0 fully saturated rings. The van der Waals surface area contributed by atoms with Crippen LogP contribution in [0.15, 0.2) is 11.6 Å². The zero-order chi connectivity index (χ0) is 11.1. The quantitative estimate of drug-likeness (QED) is 0.706. The molecule has 0 saturated heterocycles. The van der Waals surface area contributed by atoms with Gasteiger partial charge >= 0.3 is 0 Å². The highest BCUT2D eigenvalue weighted by molar-refractivity contribution is 6.29. The summed E-state index contributed by atoms with van der Waals surface area (Å²) in [6, 6.07) is 0.500. The van der Waals surface area contributed by atoms with Crippen LogP contribution < -0.4 is 5.32 Å². The summed E-state index contributed by atoms with van der Waals surface area (Å²) in [5, 5.41) is 4.09. The summed E-state index contributed by atoms with van der Waals surface area (Å²) in [5.41, 5.74) is 0. The van der Waals surface area contributed by atoms with E-state index in [2.05, 4.69) is 44.7 Å². The topological polar surface area (TPSA) is 15.3 Å².